The molecule has 2 aromatic carbocycles. The van der Waals surface area contributed by atoms with Gasteiger partial charge < -0.3 is 9.47 Å². The number of methoxy groups -OCH3 is 1. The number of H-pyrrole nitrogens is 1. The summed E-state index contributed by atoms with van der Waals surface area (Å²) in [6.45, 7) is 5.20. The van der Waals surface area contributed by atoms with Crippen LogP contribution < -0.4 is 25.6 Å². The molecular formula is C20H16Cl2N2O4. The number of carbonyl (C=O) groups is 1. The zero-order valence-electron chi connectivity index (χ0n) is 15.1. The molecule has 0 amide bonds. The summed E-state index contributed by atoms with van der Waals surface area (Å²) in [5, 5.41) is 4.45. The van der Waals surface area contributed by atoms with Crippen molar-refractivity contribution in [2.45, 2.75) is 6.92 Å². The van der Waals surface area contributed by atoms with Crippen LogP contribution in [0.2, 0.25) is 10.0 Å². The zero-order chi connectivity index (χ0) is 20.4. The summed E-state index contributed by atoms with van der Waals surface area (Å²) in [6, 6.07) is 9.83. The molecule has 28 heavy (non-hydrogen) atoms. The van der Waals surface area contributed by atoms with Gasteiger partial charge in [0, 0.05) is 6.92 Å². The average molecular weight is 419 g/mol. The molecule has 0 unspecified atom stereocenters. The van der Waals surface area contributed by atoms with Crippen molar-refractivity contribution < 1.29 is 14.3 Å². The highest BCUT2D eigenvalue weighted by Gasteiger charge is 2.10. The first-order chi connectivity index (χ1) is 13.3. The van der Waals surface area contributed by atoms with Gasteiger partial charge in [-0.1, -0.05) is 35.8 Å². The molecule has 0 aliphatic rings. The van der Waals surface area contributed by atoms with Gasteiger partial charge in [-0.2, -0.15) is 0 Å². The predicted molar refractivity (Wildman–Crippen MR) is 109 cm³/mol. The van der Waals surface area contributed by atoms with Crippen molar-refractivity contribution in [3.05, 3.63) is 72.9 Å². The van der Waals surface area contributed by atoms with E-state index in [0.29, 0.717) is 43.4 Å². The number of rotatable bonds is 4. The molecule has 1 heterocycles. The summed E-state index contributed by atoms with van der Waals surface area (Å²) < 4.78 is 11.7. The molecule has 0 radical (unpaired) electrons. The van der Waals surface area contributed by atoms with Crippen LogP contribution in [0.5, 0.6) is 11.5 Å². The van der Waals surface area contributed by atoms with Crippen LogP contribution in [0, 0.1) is 0 Å². The van der Waals surface area contributed by atoms with Crippen LogP contribution in [0.25, 0.3) is 18.3 Å². The molecule has 0 aliphatic carbocycles. The van der Waals surface area contributed by atoms with E-state index in [0.717, 1.165) is 0 Å². The second kappa shape index (κ2) is 7.96. The molecule has 0 saturated carbocycles. The summed E-state index contributed by atoms with van der Waals surface area (Å²) >= 11 is 12.0. The number of nitrogens with zero attached hydrogens (tertiary/aromatic N) is 1. The van der Waals surface area contributed by atoms with Crippen molar-refractivity contribution in [3.63, 3.8) is 0 Å². The van der Waals surface area contributed by atoms with Gasteiger partial charge in [-0.3, -0.25) is 14.7 Å². The SMILES string of the molecule is C=c1[nH]n(-c2ccc(Cl)c(Cl)c2)c(=O)/c1=C/c1ccc(OC(C)=O)c(OC)c1. The zero-order valence-corrected chi connectivity index (χ0v) is 16.6. The summed E-state index contributed by atoms with van der Waals surface area (Å²) in [7, 11) is 1.46. The number of esters is 1. The summed E-state index contributed by atoms with van der Waals surface area (Å²) in [5.41, 5.74) is 0.910. The second-order valence-corrected chi connectivity index (χ2v) is 6.71. The van der Waals surface area contributed by atoms with Gasteiger partial charge in [-0.25, -0.2) is 4.68 Å². The molecule has 1 N–H and O–H groups in total. The number of benzene rings is 2. The normalized spacial score (nSPS) is 11.5. The third-order valence-electron chi connectivity index (χ3n) is 3.92. The molecule has 0 atom stereocenters. The fourth-order valence-corrected chi connectivity index (χ4v) is 2.92. The number of aromatic nitrogens is 2. The first kappa shape index (κ1) is 19.8. The Hall–Kier alpha value is -2.96. The molecule has 144 valence electrons. The predicted octanol–water partition coefficient (Wildman–Crippen LogP) is 2.65. The van der Waals surface area contributed by atoms with Gasteiger partial charge in [0.05, 0.1) is 33.4 Å². The molecule has 1 aromatic heterocycles. The van der Waals surface area contributed by atoms with Gasteiger partial charge in [0.2, 0.25) is 0 Å². The minimum atomic E-state index is -0.453. The molecule has 3 aromatic rings. The molecule has 0 saturated heterocycles. The largest absolute Gasteiger partial charge is 0.493 e. The third kappa shape index (κ3) is 3.98. The van der Waals surface area contributed by atoms with E-state index in [4.69, 9.17) is 32.7 Å². The topological polar surface area (TPSA) is 73.3 Å². The van der Waals surface area contributed by atoms with E-state index in [1.165, 1.54) is 18.7 Å². The van der Waals surface area contributed by atoms with E-state index in [1.807, 2.05) is 0 Å². The Morgan fingerprint density at radius 1 is 1.14 bits per heavy atom. The van der Waals surface area contributed by atoms with Gasteiger partial charge in [-0.15, -0.1) is 0 Å². The summed E-state index contributed by atoms with van der Waals surface area (Å²) in [6.07, 6.45) is 1.66. The molecule has 6 nitrogen and oxygen atoms in total. The monoisotopic (exact) mass is 418 g/mol. The van der Waals surface area contributed by atoms with Gasteiger partial charge in [0.15, 0.2) is 11.5 Å². The molecule has 0 bridgehead atoms. The van der Waals surface area contributed by atoms with Crippen LogP contribution in [-0.4, -0.2) is 22.9 Å². The number of halogens is 2. The lowest BCUT2D eigenvalue weighted by molar-refractivity contribution is -0.132. The number of aromatic amines is 1. The van der Waals surface area contributed by atoms with Crippen LogP contribution >= 0.6 is 23.2 Å². The first-order valence-corrected chi connectivity index (χ1v) is 8.89. The Labute approximate surface area is 170 Å². The maximum Gasteiger partial charge on any atom is 0.308 e. The Kier molecular flexibility index (Phi) is 5.63. The standard InChI is InChI=1S/C20H16Cl2N2O4/c1-11-15(8-13-4-7-18(28-12(2)25)19(9-13)27-3)20(26)24(23-11)14-5-6-16(21)17(22)10-14/h4-10,23H,1H2,2-3H3/b15-8+. The van der Waals surface area contributed by atoms with Crippen LogP contribution in [0.1, 0.15) is 12.5 Å². The Morgan fingerprint density at radius 3 is 2.54 bits per heavy atom. The van der Waals surface area contributed by atoms with Crippen molar-refractivity contribution in [1.82, 2.24) is 9.78 Å². The lowest BCUT2D eigenvalue weighted by atomic mass is 10.1. The molecule has 3 rings (SSSR count). The number of nitrogens with one attached hydrogen (secondary N) is 1. The fraction of sp³-hybridized carbons (Fsp3) is 0.100. The first-order valence-electron chi connectivity index (χ1n) is 8.13. The summed E-state index contributed by atoms with van der Waals surface area (Å²) in [4.78, 5) is 24.0. The van der Waals surface area contributed by atoms with Crippen LogP contribution in [0.4, 0.5) is 0 Å². The fourth-order valence-electron chi connectivity index (χ4n) is 2.63. The van der Waals surface area contributed by atoms with E-state index in [-0.39, 0.29) is 5.56 Å². The number of ether oxygens (including phenoxy) is 2. The molecular weight excluding hydrogens is 403 g/mol. The van der Waals surface area contributed by atoms with Gasteiger partial charge in [0.1, 0.15) is 0 Å². The van der Waals surface area contributed by atoms with Crippen LogP contribution in [0.3, 0.4) is 0 Å². The molecule has 0 aliphatic heterocycles. The number of carbonyl (C=O) groups excluding carboxylic acids is 1. The smallest absolute Gasteiger partial charge is 0.308 e. The number of hydrogen-bond acceptors (Lipinski definition) is 4. The highest BCUT2D eigenvalue weighted by atomic mass is 35.5. The Bertz CT molecular complexity index is 1230. The average Bonchev–Trinajstić information content (AvgIpc) is 2.93. The number of hydrogen-bond donors (Lipinski definition) is 1. The van der Waals surface area contributed by atoms with E-state index >= 15 is 0 Å². The van der Waals surface area contributed by atoms with Gasteiger partial charge in [0.25, 0.3) is 5.56 Å². The maximum absolute atomic E-state index is 12.8. The van der Waals surface area contributed by atoms with E-state index in [1.54, 1.807) is 42.5 Å². The summed E-state index contributed by atoms with van der Waals surface area (Å²) in [5.74, 6) is 0.212. The molecule has 0 spiro atoms. The van der Waals surface area contributed by atoms with Crippen LogP contribution in [-0.2, 0) is 4.79 Å². The van der Waals surface area contributed by atoms with E-state index < -0.39 is 5.97 Å². The quantitative estimate of drug-likeness (QED) is 0.522. The molecule has 0 fully saturated rings. The minimum absolute atomic E-state index is 0.296. The van der Waals surface area contributed by atoms with Crippen molar-refractivity contribution in [3.8, 4) is 17.2 Å². The Balaban J connectivity index is 2.10. The minimum Gasteiger partial charge on any atom is -0.493 e. The van der Waals surface area contributed by atoms with Gasteiger partial charge in [-0.05, 0) is 42.0 Å². The van der Waals surface area contributed by atoms with E-state index in [2.05, 4.69) is 11.7 Å². The lowest BCUT2D eigenvalue weighted by Gasteiger charge is -2.08. The maximum atomic E-state index is 12.8. The highest BCUT2D eigenvalue weighted by Crippen LogP contribution is 2.28. The Morgan fingerprint density at radius 2 is 1.89 bits per heavy atom. The lowest BCUT2D eigenvalue weighted by Crippen LogP contribution is -2.33. The van der Waals surface area contributed by atoms with Gasteiger partial charge >= 0.3 is 5.97 Å². The highest BCUT2D eigenvalue weighted by molar-refractivity contribution is 6.42. The molecule has 8 heteroatoms. The third-order valence-corrected chi connectivity index (χ3v) is 4.66. The van der Waals surface area contributed by atoms with Crippen molar-refractivity contribution >= 4 is 41.8 Å². The van der Waals surface area contributed by atoms with Crippen LogP contribution in [0.15, 0.2) is 41.2 Å². The second-order valence-electron chi connectivity index (χ2n) is 5.89. The van der Waals surface area contributed by atoms with Crippen molar-refractivity contribution in [1.29, 1.82) is 0 Å². The van der Waals surface area contributed by atoms with E-state index in [9.17, 15) is 9.59 Å². The van der Waals surface area contributed by atoms with Crippen molar-refractivity contribution in [2.75, 3.05) is 7.11 Å². The van der Waals surface area contributed by atoms with Crippen molar-refractivity contribution in [2.24, 2.45) is 0 Å².